The molecule has 0 saturated carbocycles. The van der Waals surface area contributed by atoms with E-state index in [9.17, 15) is 22.8 Å². The predicted octanol–water partition coefficient (Wildman–Crippen LogP) is 1.65. The van der Waals surface area contributed by atoms with Crippen LogP contribution in [0.1, 0.15) is 31.1 Å². The number of rotatable bonds is 5. The smallest absolute Gasteiger partial charge is 0.264 e. The van der Waals surface area contributed by atoms with Crippen molar-refractivity contribution in [3.05, 3.63) is 68.8 Å². The van der Waals surface area contributed by atoms with Crippen molar-refractivity contribution in [2.75, 3.05) is 12.3 Å². The molecule has 0 radical (unpaired) electrons. The predicted molar refractivity (Wildman–Crippen MR) is 102 cm³/mol. The second-order valence-electron chi connectivity index (χ2n) is 5.57. The Morgan fingerprint density at radius 2 is 1.62 bits per heavy atom. The first-order chi connectivity index (χ1) is 12.3. The molecule has 1 N–H and O–H groups in total. The molecule has 0 saturated heterocycles. The standard InChI is InChI=1S/C17H13IN2O5S/c18-12-5-3-4-11(10-12)15(21)19-26(24,25)9-8-20-16(22)13-6-1-2-7-14(13)17(20)23/h1-7,10H,8-9H2,(H,19,21). The number of carbonyl (C=O) groups is 3. The third-order valence-electron chi connectivity index (χ3n) is 3.80. The van der Waals surface area contributed by atoms with E-state index in [1.807, 2.05) is 27.3 Å². The number of benzene rings is 2. The third kappa shape index (κ3) is 3.78. The average Bonchev–Trinajstić information content (AvgIpc) is 2.84. The highest BCUT2D eigenvalue weighted by Gasteiger charge is 2.35. The monoisotopic (exact) mass is 484 g/mol. The molecule has 0 bridgehead atoms. The number of amides is 3. The van der Waals surface area contributed by atoms with Gasteiger partial charge < -0.3 is 0 Å². The van der Waals surface area contributed by atoms with Crippen LogP contribution >= 0.6 is 22.6 Å². The van der Waals surface area contributed by atoms with Gasteiger partial charge in [-0.25, -0.2) is 13.1 Å². The van der Waals surface area contributed by atoms with Gasteiger partial charge in [0.25, 0.3) is 17.7 Å². The molecule has 9 heteroatoms. The van der Waals surface area contributed by atoms with E-state index < -0.39 is 33.5 Å². The Morgan fingerprint density at radius 1 is 1.00 bits per heavy atom. The minimum Gasteiger partial charge on any atom is -0.273 e. The molecule has 0 spiro atoms. The van der Waals surface area contributed by atoms with E-state index in [1.54, 1.807) is 30.3 Å². The van der Waals surface area contributed by atoms with Crippen LogP contribution in [0.4, 0.5) is 0 Å². The summed E-state index contributed by atoms with van der Waals surface area (Å²) in [4.78, 5) is 37.4. The van der Waals surface area contributed by atoms with E-state index in [0.717, 1.165) is 8.47 Å². The second-order valence-corrected chi connectivity index (χ2v) is 8.66. The van der Waals surface area contributed by atoms with Crippen molar-refractivity contribution in [2.24, 2.45) is 0 Å². The summed E-state index contributed by atoms with van der Waals surface area (Å²) in [5.41, 5.74) is 0.705. The maximum Gasteiger partial charge on any atom is 0.264 e. The first kappa shape index (κ1) is 18.5. The van der Waals surface area contributed by atoms with Gasteiger partial charge in [-0.05, 0) is 52.9 Å². The zero-order chi connectivity index (χ0) is 18.9. The molecule has 1 aliphatic heterocycles. The van der Waals surface area contributed by atoms with E-state index >= 15 is 0 Å². The van der Waals surface area contributed by atoms with Gasteiger partial charge in [0.15, 0.2) is 0 Å². The minimum atomic E-state index is -4.01. The number of hydrogen-bond acceptors (Lipinski definition) is 5. The highest BCUT2D eigenvalue weighted by molar-refractivity contribution is 14.1. The van der Waals surface area contributed by atoms with Gasteiger partial charge in [0, 0.05) is 15.7 Å². The molecule has 0 unspecified atom stereocenters. The van der Waals surface area contributed by atoms with Crippen LogP contribution in [-0.4, -0.2) is 43.3 Å². The normalized spacial score (nSPS) is 13.7. The highest BCUT2D eigenvalue weighted by atomic mass is 127. The fraction of sp³-hybridized carbons (Fsp3) is 0.118. The lowest BCUT2D eigenvalue weighted by Gasteiger charge is -2.14. The van der Waals surface area contributed by atoms with E-state index in [-0.39, 0.29) is 23.2 Å². The Labute approximate surface area is 163 Å². The van der Waals surface area contributed by atoms with Crippen LogP contribution in [0.15, 0.2) is 48.5 Å². The van der Waals surface area contributed by atoms with Crippen LogP contribution in [0.25, 0.3) is 0 Å². The average molecular weight is 484 g/mol. The van der Waals surface area contributed by atoms with Gasteiger partial charge in [-0.2, -0.15) is 0 Å². The Morgan fingerprint density at radius 3 is 2.19 bits per heavy atom. The fourth-order valence-electron chi connectivity index (χ4n) is 2.53. The largest absolute Gasteiger partial charge is 0.273 e. The van der Waals surface area contributed by atoms with Gasteiger partial charge in [-0.15, -0.1) is 0 Å². The van der Waals surface area contributed by atoms with Gasteiger partial charge >= 0.3 is 0 Å². The van der Waals surface area contributed by atoms with Crippen molar-refractivity contribution in [3.63, 3.8) is 0 Å². The number of nitrogens with zero attached hydrogens (tertiary/aromatic N) is 1. The number of hydrogen-bond donors (Lipinski definition) is 1. The molecule has 0 atom stereocenters. The Hall–Kier alpha value is -2.27. The van der Waals surface area contributed by atoms with Gasteiger partial charge in [0.05, 0.1) is 16.9 Å². The lowest BCUT2D eigenvalue weighted by molar-refractivity contribution is 0.0664. The third-order valence-corrected chi connectivity index (χ3v) is 5.68. The summed E-state index contributed by atoms with van der Waals surface area (Å²) in [5.74, 6) is -2.39. The van der Waals surface area contributed by atoms with Crippen molar-refractivity contribution in [1.29, 1.82) is 0 Å². The molecule has 1 aliphatic rings. The van der Waals surface area contributed by atoms with E-state index in [2.05, 4.69) is 0 Å². The van der Waals surface area contributed by atoms with E-state index in [0.29, 0.717) is 0 Å². The van der Waals surface area contributed by atoms with Crippen LogP contribution < -0.4 is 4.72 Å². The van der Waals surface area contributed by atoms with Crippen molar-refractivity contribution in [3.8, 4) is 0 Å². The van der Waals surface area contributed by atoms with Crippen molar-refractivity contribution < 1.29 is 22.8 Å². The molecule has 3 rings (SSSR count). The molecular formula is C17H13IN2O5S. The number of imide groups is 1. The van der Waals surface area contributed by atoms with E-state index in [4.69, 9.17) is 0 Å². The van der Waals surface area contributed by atoms with Crippen molar-refractivity contribution in [2.45, 2.75) is 0 Å². The van der Waals surface area contributed by atoms with Crippen LogP contribution in [0.3, 0.4) is 0 Å². The summed E-state index contributed by atoms with van der Waals surface area (Å²) in [6.07, 6.45) is 0. The molecule has 7 nitrogen and oxygen atoms in total. The van der Waals surface area contributed by atoms with Crippen LogP contribution in [-0.2, 0) is 10.0 Å². The summed E-state index contributed by atoms with van der Waals surface area (Å²) in [5, 5.41) is 0. The van der Waals surface area contributed by atoms with Crippen LogP contribution in [0.2, 0.25) is 0 Å². The summed E-state index contributed by atoms with van der Waals surface area (Å²) < 4.78 is 27.1. The number of halogens is 1. The first-order valence-electron chi connectivity index (χ1n) is 7.54. The van der Waals surface area contributed by atoms with Crippen LogP contribution in [0, 0.1) is 3.57 Å². The second kappa shape index (κ2) is 7.16. The summed E-state index contributed by atoms with van der Waals surface area (Å²) in [7, 11) is -4.01. The van der Waals surface area contributed by atoms with Crippen molar-refractivity contribution in [1.82, 2.24) is 9.62 Å². The van der Waals surface area contributed by atoms with Gasteiger partial charge in [-0.3, -0.25) is 19.3 Å². The molecule has 2 aromatic rings. The highest BCUT2D eigenvalue weighted by Crippen LogP contribution is 2.22. The van der Waals surface area contributed by atoms with Gasteiger partial charge in [0.2, 0.25) is 10.0 Å². The maximum absolute atomic E-state index is 12.2. The van der Waals surface area contributed by atoms with Gasteiger partial charge in [0.1, 0.15) is 0 Å². The topological polar surface area (TPSA) is 101 Å². The van der Waals surface area contributed by atoms with E-state index in [1.165, 1.54) is 18.2 Å². The Kier molecular flexibility index (Phi) is 5.10. The zero-order valence-electron chi connectivity index (χ0n) is 13.3. The summed E-state index contributed by atoms with van der Waals surface area (Å²) in [6, 6.07) is 12.8. The molecule has 0 aliphatic carbocycles. The SMILES string of the molecule is O=C(NS(=O)(=O)CCN1C(=O)c2ccccc2C1=O)c1cccc(I)c1. The molecule has 26 heavy (non-hydrogen) atoms. The minimum absolute atomic E-state index is 0.209. The molecule has 134 valence electrons. The first-order valence-corrected chi connectivity index (χ1v) is 10.3. The number of fused-ring (bicyclic) bond motifs is 1. The van der Waals surface area contributed by atoms with Crippen LogP contribution in [0.5, 0.6) is 0 Å². The fourth-order valence-corrected chi connectivity index (χ4v) is 4.00. The lowest BCUT2D eigenvalue weighted by atomic mass is 10.1. The number of carbonyl (C=O) groups excluding carboxylic acids is 3. The quantitative estimate of drug-likeness (QED) is 0.514. The molecule has 0 aromatic heterocycles. The number of sulfonamides is 1. The molecule has 2 aromatic carbocycles. The molecule has 1 heterocycles. The number of nitrogens with one attached hydrogen (secondary N) is 1. The zero-order valence-corrected chi connectivity index (χ0v) is 16.3. The molecular weight excluding hydrogens is 471 g/mol. The van der Waals surface area contributed by atoms with Crippen molar-refractivity contribution >= 4 is 50.3 Å². The Balaban J connectivity index is 1.67. The van der Waals surface area contributed by atoms with Gasteiger partial charge in [-0.1, -0.05) is 18.2 Å². The Bertz CT molecular complexity index is 984. The summed E-state index contributed by atoms with van der Waals surface area (Å²) in [6.45, 7) is -0.332. The summed E-state index contributed by atoms with van der Waals surface area (Å²) >= 11 is 2.01. The molecule has 3 amide bonds. The lowest BCUT2D eigenvalue weighted by Crippen LogP contribution is -2.39. The molecule has 0 fully saturated rings. The maximum atomic E-state index is 12.2.